The van der Waals surface area contributed by atoms with Gasteiger partial charge in [0.1, 0.15) is 11.6 Å². The van der Waals surface area contributed by atoms with Gasteiger partial charge in [-0.3, -0.25) is 0 Å². The molecule has 134 valence electrons. The molecule has 4 rings (SSSR count). The molecule has 1 aliphatic heterocycles. The van der Waals surface area contributed by atoms with E-state index in [0.29, 0.717) is 22.5 Å². The molecule has 1 aromatic heterocycles. The third-order valence-electron chi connectivity index (χ3n) is 4.87. The van der Waals surface area contributed by atoms with E-state index in [-0.39, 0.29) is 11.6 Å². The Bertz CT molecular complexity index is 924. The Balaban J connectivity index is 1.95. The molecule has 0 spiro atoms. The van der Waals surface area contributed by atoms with Gasteiger partial charge in [-0.05, 0) is 24.6 Å². The average Bonchev–Trinajstić information content (AvgIpc) is 2.67. The first kappa shape index (κ1) is 16.8. The first-order valence-corrected chi connectivity index (χ1v) is 8.87. The Kier molecular flexibility index (Phi) is 4.51. The molecule has 1 N–H and O–H groups in total. The van der Waals surface area contributed by atoms with Crippen molar-refractivity contribution >= 4 is 16.9 Å². The second-order valence-corrected chi connectivity index (χ2v) is 6.45. The number of benzene rings is 2. The van der Waals surface area contributed by atoms with Crippen LogP contribution in [0.15, 0.2) is 42.5 Å². The van der Waals surface area contributed by atoms with Crippen LogP contribution in [0.5, 0.6) is 0 Å². The van der Waals surface area contributed by atoms with Crippen molar-refractivity contribution < 1.29 is 8.78 Å². The molecule has 26 heavy (non-hydrogen) atoms. The van der Waals surface area contributed by atoms with Gasteiger partial charge in [0.2, 0.25) is 5.95 Å². The summed E-state index contributed by atoms with van der Waals surface area (Å²) in [6.07, 6.45) is 0.937. The van der Waals surface area contributed by atoms with E-state index in [4.69, 9.17) is 0 Å². The molecular weight excluding hydrogens is 334 g/mol. The molecule has 0 aliphatic carbocycles. The van der Waals surface area contributed by atoms with Crippen LogP contribution < -0.4 is 10.2 Å². The number of piperazine rings is 1. The molecule has 6 heteroatoms. The molecule has 1 atom stereocenters. The zero-order chi connectivity index (χ0) is 18.1. The molecule has 2 heterocycles. The number of aromatic nitrogens is 2. The number of nitrogens with one attached hydrogen (secondary N) is 1. The Hall–Kier alpha value is -2.60. The van der Waals surface area contributed by atoms with Crippen molar-refractivity contribution in [2.45, 2.75) is 19.4 Å². The highest BCUT2D eigenvalue weighted by molar-refractivity contribution is 5.93. The second-order valence-electron chi connectivity index (χ2n) is 6.45. The quantitative estimate of drug-likeness (QED) is 0.777. The lowest BCUT2D eigenvalue weighted by Gasteiger charge is -2.36. The molecule has 4 nitrogen and oxygen atoms in total. The van der Waals surface area contributed by atoms with Crippen LogP contribution in [-0.2, 0) is 0 Å². The van der Waals surface area contributed by atoms with Gasteiger partial charge in [-0.25, -0.2) is 18.7 Å². The normalized spacial score (nSPS) is 17.7. The fraction of sp³-hybridized carbons (Fsp3) is 0.300. The third kappa shape index (κ3) is 2.90. The second kappa shape index (κ2) is 6.96. The summed E-state index contributed by atoms with van der Waals surface area (Å²) >= 11 is 0. The van der Waals surface area contributed by atoms with Crippen LogP contribution in [0.3, 0.4) is 0 Å². The fourth-order valence-electron chi connectivity index (χ4n) is 3.50. The summed E-state index contributed by atoms with van der Waals surface area (Å²) in [6, 6.07) is 11.5. The van der Waals surface area contributed by atoms with Gasteiger partial charge < -0.3 is 10.2 Å². The third-order valence-corrected chi connectivity index (χ3v) is 4.87. The van der Waals surface area contributed by atoms with E-state index < -0.39 is 11.6 Å². The predicted molar refractivity (Wildman–Crippen MR) is 99.2 cm³/mol. The van der Waals surface area contributed by atoms with Crippen LogP contribution in [0, 0.1) is 11.6 Å². The van der Waals surface area contributed by atoms with E-state index in [9.17, 15) is 8.78 Å². The number of halogens is 2. The Labute approximate surface area is 150 Å². The zero-order valence-corrected chi connectivity index (χ0v) is 14.5. The standard InChI is InChI=1S/C20H20F2N4/c1-2-13-12-23-10-11-26(13)20-24-17-9-4-3-6-14(17)19(25-20)18-15(21)7-5-8-16(18)22/h3-9,13,23H,2,10-12H2,1H3/t13-/m0/s1. The van der Waals surface area contributed by atoms with Gasteiger partial charge >= 0.3 is 0 Å². The summed E-state index contributed by atoms with van der Waals surface area (Å²) in [7, 11) is 0. The van der Waals surface area contributed by atoms with Gasteiger partial charge in [0.25, 0.3) is 0 Å². The molecule has 0 radical (unpaired) electrons. The van der Waals surface area contributed by atoms with Crippen LogP contribution >= 0.6 is 0 Å². The first-order chi connectivity index (χ1) is 12.7. The summed E-state index contributed by atoms with van der Waals surface area (Å²) in [5.41, 5.74) is 0.883. The van der Waals surface area contributed by atoms with Crippen molar-refractivity contribution in [1.82, 2.24) is 15.3 Å². The van der Waals surface area contributed by atoms with Gasteiger partial charge in [-0.1, -0.05) is 31.2 Å². The molecule has 1 fully saturated rings. The summed E-state index contributed by atoms with van der Waals surface area (Å²) in [5.74, 6) is -0.714. The monoisotopic (exact) mass is 354 g/mol. The molecule has 1 saturated heterocycles. The van der Waals surface area contributed by atoms with Crippen molar-refractivity contribution in [2.24, 2.45) is 0 Å². The number of nitrogens with zero attached hydrogens (tertiary/aromatic N) is 3. The Morgan fingerprint density at radius 1 is 1.08 bits per heavy atom. The van der Waals surface area contributed by atoms with Crippen LogP contribution in [0.25, 0.3) is 22.2 Å². The minimum Gasteiger partial charge on any atom is -0.335 e. The Morgan fingerprint density at radius 3 is 2.62 bits per heavy atom. The highest BCUT2D eigenvalue weighted by Gasteiger charge is 2.25. The molecule has 0 unspecified atom stereocenters. The molecule has 2 aromatic carbocycles. The van der Waals surface area contributed by atoms with Crippen molar-refractivity contribution in [3.63, 3.8) is 0 Å². The minimum absolute atomic E-state index is 0.101. The largest absolute Gasteiger partial charge is 0.335 e. The van der Waals surface area contributed by atoms with E-state index in [1.165, 1.54) is 18.2 Å². The van der Waals surface area contributed by atoms with Crippen molar-refractivity contribution in [2.75, 3.05) is 24.5 Å². The van der Waals surface area contributed by atoms with Crippen molar-refractivity contribution in [3.05, 3.63) is 54.1 Å². The highest BCUT2D eigenvalue weighted by Crippen LogP contribution is 2.32. The zero-order valence-electron chi connectivity index (χ0n) is 14.5. The van der Waals surface area contributed by atoms with Crippen molar-refractivity contribution in [3.8, 4) is 11.3 Å². The topological polar surface area (TPSA) is 41.0 Å². The van der Waals surface area contributed by atoms with Crippen LogP contribution in [0.2, 0.25) is 0 Å². The Morgan fingerprint density at radius 2 is 1.85 bits per heavy atom. The van der Waals surface area contributed by atoms with Gasteiger partial charge in [0.05, 0.1) is 16.8 Å². The maximum Gasteiger partial charge on any atom is 0.226 e. The summed E-state index contributed by atoms with van der Waals surface area (Å²) in [6.45, 7) is 4.55. The van der Waals surface area contributed by atoms with E-state index in [2.05, 4.69) is 27.1 Å². The summed E-state index contributed by atoms with van der Waals surface area (Å²) in [4.78, 5) is 11.4. The maximum absolute atomic E-state index is 14.5. The number of hydrogen-bond acceptors (Lipinski definition) is 4. The van der Waals surface area contributed by atoms with Crippen molar-refractivity contribution in [1.29, 1.82) is 0 Å². The molecule has 0 saturated carbocycles. The highest BCUT2D eigenvalue weighted by atomic mass is 19.1. The maximum atomic E-state index is 14.5. The summed E-state index contributed by atoms with van der Waals surface area (Å²) < 4.78 is 28.9. The summed E-state index contributed by atoms with van der Waals surface area (Å²) in [5, 5.41) is 4.01. The molecule has 3 aromatic rings. The lowest BCUT2D eigenvalue weighted by Crippen LogP contribution is -2.51. The lowest BCUT2D eigenvalue weighted by atomic mass is 10.1. The van der Waals surface area contributed by atoms with Gasteiger partial charge in [0, 0.05) is 31.1 Å². The molecule has 0 amide bonds. The average molecular weight is 354 g/mol. The van der Waals surface area contributed by atoms with E-state index in [1.54, 1.807) is 6.07 Å². The van der Waals surface area contributed by atoms with Crippen LogP contribution in [0.1, 0.15) is 13.3 Å². The number of para-hydroxylation sites is 1. The smallest absolute Gasteiger partial charge is 0.226 e. The van der Waals surface area contributed by atoms with Crippen LogP contribution in [0.4, 0.5) is 14.7 Å². The molecule has 0 bridgehead atoms. The first-order valence-electron chi connectivity index (χ1n) is 8.87. The number of fused-ring (bicyclic) bond motifs is 1. The predicted octanol–water partition coefficient (Wildman–Crippen LogP) is 3.76. The number of anilines is 1. The van der Waals surface area contributed by atoms with Crippen LogP contribution in [-0.4, -0.2) is 35.6 Å². The van der Waals surface area contributed by atoms with E-state index in [1.807, 2.05) is 18.2 Å². The lowest BCUT2D eigenvalue weighted by molar-refractivity contribution is 0.460. The molecule has 1 aliphatic rings. The van der Waals surface area contributed by atoms with E-state index in [0.717, 1.165) is 26.1 Å². The van der Waals surface area contributed by atoms with Gasteiger partial charge in [-0.15, -0.1) is 0 Å². The SMILES string of the molecule is CC[C@H]1CNCCN1c1nc(-c2c(F)cccc2F)c2ccccc2n1. The fourth-order valence-corrected chi connectivity index (χ4v) is 3.50. The number of rotatable bonds is 3. The van der Waals surface area contributed by atoms with Gasteiger partial charge in [-0.2, -0.15) is 0 Å². The van der Waals surface area contributed by atoms with E-state index >= 15 is 0 Å². The minimum atomic E-state index is -0.618. The molecular formula is C20H20F2N4. The number of hydrogen-bond donors (Lipinski definition) is 1. The van der Waals surface area contributed by atoms with Gasteiger partial charge in [0.15, 0.2) is 0 Å².